The maximum Gasteiger partial charge on any atom is 0.306 e. The Hall–Kier alpha value is -0.990. The van der Waals surface area contributed by atoms with E-state index in [1.165, 1.54) is 135 Å². The number of rotatable bonds is 39. The number of esters is 2. The molecule has 0 heterocycles. The van der Waals surface area contributed by atoms with Gasteiger partial charge in [0.2, 0.25) is 0 Å². The van der Waals surface area contributed by atoms with Crippen molar-refractivity contribution in [2.45, 2.75) is 206 Å². The number of unbranched alkanes of at least 4 members (excludes halogenated alkanes) is 21. The van der Waals surface area contributed by atoms with Crippen LogP contribution in [0.1, 0.15) is 200 Å². The summed E-state index contributed by atoms with van der Waals surface area (Å²) < 4.78 is 34.0. The zero-order valence-electron chi connectivity index (χ0n) is 35.2. The van der Waals surface area contributed by atoms with Crippen molar-refractivity contribution < 1.29 is 42.1 Å². The Kier molecular flexibility index (Phi) is 30.3. The summed E-state index contributed by atoms with van der Waals surface area (Å²) in [6, 6.07) is 0. The average Bonchev–Trinajstić information content (AvgIpc) is 3.86. The van der Waals surface area contributed by atoms with E-state index in [1.807, 2.05) is 21.1 Å². The van der Waals surface area contributed by atoms with Gasteiger partial charge in [-0.25, -0.2) is 0 Å². The van der Waals surface area contributed by atoms with E-state index in [0.717, 1.165) is 43.9 Å². The second kappa shape index (κ2) is 32.1. The summed E-state index contributed by atoms with van der Waals surface area (Å²) in [5.74, 6) is 1.10. The van der Waals surface area contributed by atoms with E-state index < -0.39 is 26.5 Å². The molecule has 0 amide bonds. The third-order valence-corrected chi connectivity index (χ3v) is 11.6. The predicted octanol–water partition coefficient (Wildman–Crippen LogP) is 11.2. The standard InChI is InChI=1S/C43H84NO8P/c1-6-8-10-12-14-15-16-17-18-19-20-24-28-32-42(45)49-37-41(38-51-53(47,48)50-35-34-44(3,4)5)52-43(46)33-29-25-21-23-27-31-40-36-39(40)30-26-22-13-11-9-7-2/h39-41H,6-38H2,1-5H3. The topological polar surface area (TPSA) is 111 Å². The Bertz CT molecular complexity index is 942. The molecule has 0 radical (unpaired) electrons. The first-order valence-electron chi connectivity index (χ1n) is 22.2. The average molecular weight is 774 g/mol. The maximum atomic E-state index is 12.7. The van der Waals surface area contributed by atoms with Crippen LogP contribution in [0.15, 0.2) is 0 Å². The van der Waals surface area contributed by atoms with Crippen molar-refractivity contribution in [2.24, 2.45) is 11.8 Å². The summed E-state index contributed by atoms with van der Waals surface area (Å²) in [4.78, 5) is 37.5. The minimum Gasteiger partial charge on any atom is -0.756 e. The number of likely N-dealkylation sites (N-methyl/N-ethyl adjacent to an activating group) is 1. The van der Waals surface area contributed by atoms with Crippen LogP contribution in [0.4, 0.5) is 0 Å². The van der Waals surface area contributed by atoms with Crippen LogP contribution in [0.2, 0.25) is 0 Å². The number of hydrogen-bond donors (Lipinski definition) is 0. The minimum absolute atomic E-state index is 0.0245. The number of quaternary nitrogens is 1. The van der Waals surface area contributed by atoms with Crippen LogP contribution in [-0.4, -0.2) is 70.0 Å². The van der Waals surface area contributed by atoms with E-state index in [2.05, 4.69) is 13.8 Å². The number of ether oxygens (including phenoxy) is 2. The Morgan fingerprint density at radius 3 is 1.47 bits per heavy atom. The van der Waals surface area contributed by atoms with Gasteiger partial charge in [-0.1, -0.05) is 168 Å². The molecule has 1 aliphatic carbocycles. The minimum atomic E-state index is -4.61. The molecular formula is C43H84NO8P. The molecule has 53 heavy (non-hydrogen) atoms. The van der Waals surface area contributed by atoms with Crippen molar-refractivity contribution >= 4 is 19.8 Å². The molecule has 0 aromatic heterocycles. The third-order valence-electron chi connectivity index (χ3n) is 10.6. The summed E-state index contributed by atoms with van der Waals surface area (Å²) in [7, 11) is 1.19. The number of carbonyl (C=O) groups is 2. The predicted molar refractivity (Wildman–Crippen MR) is 215 cm³/mol. The van der Waals surface area contributed by atoms with Crippen LogP contribution in [0, 0.1) is 11.8 Å². The van der Waals surface area contributed by atoms with Gasteiger partial charge in [0.15, 0.2) is 6.10 Å². The lowest BCUT2D eigenvalue weighted by Crippen LogP contribution is -2.37. The molecular weight excluding hydrogens is 689 g/mol. The van der Waals surface area contributed by atoms with Crippen molar-refractivity contribution in [2.75, 3.05) is 47.5 Å². The first-order valence-corrected chi connectivity index (χ1v) is 23.7. The number of carbonyl (C=O) groups excluding carboxylic acids is 2. The van der Waals surface area contributed by atoms with E-state index in [4.69, 9.17) is 18.5 Å². The SMILES string of the molecule is CCCCCCCCCCCCCCCC(=O)OCC(COP(=O)([O-])OCC[N+](C)(C)C)OC(=O)CCCCCCCC1CC1CCCCCCCC. The lowest BCUT2D eigenvalue weighted by molar-refractivity contribution is -0.870. The monoisotopic (exact) mass is 774 g/mol. The molecule has 1 rings (SSSR count). The summed E-state index contributed by atoms with van der Waals surface area (Å²) in [6.07, 6.45) is 33.1. The van der Waals surface area contributed by atoms with E-state index in [0.29, 0.717) is 17.4 Å². The van der Waals surface area contributed by atoms with Crippen molar-refractivity contribution in [1.29, 1.82) is 0 Å². The molecule has 0 aromatic carbocycles. The van der Waals surface area contributed by atoms with Gasteiger partial charge in [-0.3, -0.25) is 14.2 Å². The fourth-order valence-corrected chi connectivity index (χ4v) is 7.68. The molecule has 10 heteroatoms. The summed E-state index contributed by atoms with van der Waals surface area (Å²) in [5.41, 5.74) is 0. The second-order valence-corrected chi connectivity index (χ2v) is 18.4. The first kappa shape index (κ1) is 50.0. The molecule has 0 saturated heterocycles. The smallest absolute Gasteiger partial charge is 0.306 e. The molecule has 1 saturated carbocycles. The Balaban J connectivity index is 2.28. The highest BCUT2D eigenvalue weighted by Crippen LogP contribution is 2.45. The van der Waals surface area contributed by atoms with Crippen LogP contribution in [0.3, 0.4) is 0 Å². The molecule has 4 unspecified atom stereocenters. The third kappa shape index (κ3) is 32.9. The van der Waals surface area contributed by atoms with E-state index >= 15 is 0 Å². The molecule has 0 N–H and O–H groups in total. The van der Waals surface area contributed by atoms with Gasteiger partial charge in [-0.05, 0) is 31.1 Å². The fourth-order valence-electron chi connectivity index (χ4n) is 6.95. The molecule has 1 aliphatic rings. The van der Waals surface area contributed by atoms with Gasteiger partial charge in [0.1, 0.15) is 19.8 Å². The zero-order valence-corrected chi connectivity index (χ0v) is 36.1. The van der Waals surface area contributed by atoms with Crippen molar-refractivity contribution in [3.8, 4) is 0 Å². The summed E-state index contributed by atoms with van der Waals surface area (Å²) in [6.45, 7) is 4.27. The van der Waals surface area contributed by atoms with Crippen LogP contribution in [0.5, 0.6) is 0 Å². The lowest BCUT2D eigenvalue weighted by Gasteiger charge is -2.28. The van der Waals surface area contributed by atoms with Gasteiger partial charge in [-0.2, -0.15) is 0 Å². The molecule has 4 atom stereocenters. The number of nitrogens with zero attached hydrogens (tertiary/aromatic N) is 1. The first-order chi connectivity index (χ1) is 25.5. The molecule has 0 aromatic rings. The van der Waals surface area contributed by atoms with E-state index in [-0.39, 0.29) is 32.0 Å². The summed E-state index contributed by atoms with van der Waals surface area (Å²) in [5, 5.41) is 0. The number of hydrogen-bond acceptors (Lipinski definition) is 8. The molecule has 0 spiro atoms. The fraction of sp³-hybridized carbons (Fsp3) is 0.953. The van der Waals surface area contributed by atoms with E-state index in [1.54, 1.807) is 0 Å². The Morgan fingerprint density at radius 1 is 0.604 bits per heavy atom. The van der Waals surface area contributed by atoms with Gasteiger partial charge in [-0.15, -0.1) is 0 Å². The van der Waals surface area contributed by atoms with E-state index in [9.17, 15) is 19.0 Å². The highest BCUT2D eigenvalue weighted by atomic mass is 31.2. The molecule has 9 nitrogen and oxygen atoms in total. The Morgan fingerprint density at radius 2 is 1.02 bits per heavy atom. The second-order valence-electron chi connectivity index (χ2n) is 17.0. The zero-order chi connectivity index (χ0) is 39.0. The number of phosphoric ester groups is 1. The lowest BCUT2D eigenvalue weighted by atomic mass is 10.0. The molecule has 1 fully saturated rings. The van der Waals surface area contributed by atoms with Crippen LogP contribution >= 0.6 is 7.82 Å². The molecule has 0 bridgehead atoms. The number of phosphoric acid groups is 1. The largest absolute Gasteiger partial charge is 0.756 e. The maximum absolute atomic E-state index is 12.7. The van der Waals surface area contributed by atoms with Gasteiger partial charge < -0.3 is 27.9 Å². The molecule has 314 valence electrons. The van der Waals surface area contributed by atoms with Crippen LogP contribution < -0.4 is 4.89 Å². The Labute approximate surface area is 326 Å². The van der Waals surface area contributed by atoms with Crippen molar-refractivity contribution in [3.63, 3.8) is 0 Å². The van der Waals surface area contributed by atoms with Crippen LogP contribution in [-0.2, 0) is 32.7 Å². The summed E-state index contributed by atoms with van der Waals surface area (Å²) >= 11 is 0. The van der Waals surface area contributed by atoms with Gasteiger partial charge in [0, 0.05) is 12.8 Å². The van der Waals surface area contributed by atoms with Gasteiger partial charge in [0.25, 0.3) is 7.82 Å². The van der Waals surface area contributed by atoms with Crippen LogP contribution in [0.25, 0.3) is 0 Å². The highest BCUT2D eigenvalue weighted by molar-refractivity contribution is 7.45. The van der Waals surface area contributed by atoms with Crippen molar-refractivity contribution in [1.82, 2.24) is 0 Å². The van der Waals surface area contributed by atoms with Gasteiger partial charge >= 0.3 is 11.9 Å². The van der Waals surface area contributed by atoms with Gasteiger partial charge in [0.05, 0.1) is 27.7 Å². The normalized spacial score (nSPS) is 17.4. The highest BCUT2D eigenvalue weighted by Gasteiger charge is 2.35. The molecule has 0 aliphatic heterocycles. The quantitative estimate of drug-likeness (QED) is 0.0263. The van der Waals surface area contributed by atoms with Crippen molar-refractivity contribution in [3.05, 3.63) is 0 Å².